The smallest absolute Gasteiger partial charge is 0.227 e. The molecule has 3 heteroatoms. The molecule has 0 saturated heterocycles. The molecule has 1 N–H and O–H groups in total. The van der Waals surface area contributed by atoms with Crippen molar-refractivity contribution in [2.45, 2.75) is 46.2 Å². The van der Waals surface area contributed by atoms with Crippen LogP contribution in [0.2, 0.25) is 0 Å². The minimum Gasteiger partial charge on any atom is -0.311 e. The maximum Gasteiger partial charge on any atom is 0.227 e. The van der Waals surface area contributed by atoms with Crippen molar-refractivity contribution >= 4 is 11.6 Å². The molecular weight excluding hydrogens is 236 g/mol. The molecule has 3 nitrogen and oxygen atoms in total. The van der Waals surface area contributed by atoms with Crippen LogP contribution in [0.25, 0.3) is 0 Å². The number of para-hydroxylation sites is 1. The number of hydrogen-bond donors (Lipinski definition) is 1. The Balaban J connectivity index is 2.24. The Morgan fingerprint density at radius 1 is 1.47 bits per heavy atom. The lowest BCUT2D eigenvalue weighted by atomic mass is 10.0. The van der Waals surface area contributed by atoms with E-state index in [0.717, 1.165) is 25.2 Å². The highest BCUT2D eigenvalue weighted by Crippen LogP contribution is 2.25. The Bertz CT molecular complexity index is 444. The van der Waals surface area contributed by atoms with Gasteiger partial charge >= 0.3 is 0 Å². The fourth-order valence-electron chi connectivity index (χ4n) is 2.43. The van der Waals surface area contributed by atoms with E-state index in [1.54, 1.807) is 0 Å². The average Bonchev–Trinajstić information content (AvgIpc) is 2.58. The lowest BCUT2D eigenvalue weighted by molar-refractivity contribution is -0.119. The third-order valence-corrected chi connectivity index (χ3v) is 3.90. The Morgan fingerprint density at radius 3 is 2.95 bits per heavy atom. The van der Waals surface area contributed by atoms with Crippen molar-refractivity contribution in [3.8, 4) is 0 Å². The Kier molecular flexibility index (Phi) is 4.59. The number of hydrogen-bond acceptors (Lipinski definition) is 2. The van der Waals surface area contributed by atoms with Crippen LogP contribution in [0.1, 0.15) is 39.2 Å². The highest BCUT2D eigenvalue weighted by atomic mass is 16.2. The first-order chi connectivity index (χ1) is 9.11. The number of fused-ring (bicyclic) bond motifs is 1. The summed E-state index contributed by atoms with van der Waals surface area (Å²) in [6, 6.07) is 8.54. The molecule has 1 heterocycles. The van der Waals surface area contributed by atoms with E-state index < -0.39 is 0 Å². The quantitative estimate of drug-likeness (QED) is 0.906. The average molecular weight is 260 g/mol. The summed E-state index contributed by atoms with van der Waals surface area (Å²) in [6.45, 7) is 8.01. The van der Waals surface area contributed by atoms with Gasteiger partial charge in [0.25, 0.3) is 0 Å². The van der Waals surface area contributed by atoms with E-state index in [-0.39, 0.29) is 5.91 Å². The molecular formula is C16H24N2O. The zero-order chi connectivity index (χ0) is 13.8. The second-order valence-electron chi connectivity index (χ2n) is 5.63. The van der Waals surface area contributed by atoms with Crippen molar-refractivity contribution in [3.05, 3.63) is 29.8 Å². The van der Waals surface area contributed by atoms with Gasteiger partial charge in [0, 0.05) is 31.2 Å². The van der Waals surface area contributed by atoms with Gasteiger partial charge in [0.2, 0.25) is 5.91 Å². The molecule has 19 heavy (non-hydrogen) atoms. The van der Waals surface area contributed by atoms with Crippen LogP contribution < -0.4 is 10.2 Å². The number of amides is 1. The minimum absolute atomic E-state index is 0.248. The fourth-order valence-corrected chi connectivity index (χ4v) is 2.43. The van der Waals surface area contributed by atoms with Gasteiger partial charge in [-0.25, -0.2) is 0 Å². The van der Waals surface area contributed by atoms with Gasteiger partial charge in [0.15, 0.2) is 0 Å². The summed E-state index contributed by atoms with van der Waals surface area (Å²) in [5.41, 5.74) is 2.29. The first kappa shape index (κ1) is 14.1. The van der Waals surface area contributed by atoms with Crippen LogP contribution in [0.15, 0.2) is 24.3 Å². The van der Waals surface area contributed by atoms with Crippen LogP contribution in [-0.4, -0.2) is 18.5 Å². The summed E-state index contributed by atoms with van der Waals surface area (Å²) in [5.74, 6) is 0.698. The third kappa shape index (κ3) is 3.35. The van der Waals surface area contributed by atoms with E-state index in [1.807, 2.05) is 17.0 Å². The molecule has 1 aromatic rings. The molecule has 2 rings (SSSR count). The monoisotopic (exact) mass is 260 g/mol. The number of anilines is 1. The van der Waals surface area contributed by atoms with Crippen molar-refractivity contribution in [1.82, 2.24) is 5.32 Å². The summed E-state index contributed by atoms with van der Waals surface area (Å²) in [4.78, 5) is 14.5. The van der Waals surface area contributed by atoms with Gasteiger partial charge in [-0.15, -0.1) is 0 Å². The highest BCUT2D eigenvalue weighted by molar-refractivity contribution is 5.94. The van der Waals surface area contributed by atoms with Gasteiger partial charge in [-0.2, -0.15) is 0 Å². The third-order valence-electron chi connectivity index (χ3n) is 3.90. The Labute approximate surface area is 116 Å². The van der Waals surface area contributed by atoms with Crippen LogP contribution in [0, 0.1) is 5.92 Å². The van der Waals surface area contributed by atoms with E-state index in [1.165, 1.54) is 5.56 Å². The van der Waals surface area contributed by atoms with Crippen LogP contribution in [0.5, 0.6) is 0 Å². The van der Waals surface area contributed by atoms with Gasteiger partial charge in [-0.05, 0) is 24.5 Å². The van der Waals surface area contributed by atoms with Crippen LogP contribution >= 0.6 is 0 Å². The molecule has 1 aliphatic rings. The van der Waals surface area contributed by atoms with E-state index in [2.05, 4.69) is 38.2 Å². The standard InChI is InChI=1S/C16H24N2O/c1-4-12(2)9-16(19)18-11-13(3)17-10-14-7-5-6-8-15(14)18/h5-8,12-13,17H,4,9-11H2,1-3H3. The lowest BCUT2D eigenvalue weighted by Crippen LogP contribution is -2.40. The van der Waals surface area contributed by atoms with Crippen LogP contribution in [-0.2, 0) is 11.3 Å². The van der Waals surface area contributed by atoms with Crippen LogP contribution in [0.4, 0.5) is 5.69 Å². The molecule has 0 aliphatic carbocycles. The van der Waals surface area contributed by atoms with Crippen molar-refractivity contribution < 1.29 is 4.79 Å². The predicted molar refractivity (Wildman–Crippen MR) is 79.2 cm³/mol. The summed E-state index contributed by atoms with van der Waals surface area (Å²) < 4.78 is 0. The number of nitrogens with one attached hydrogen (secondary N) is 1. The molecule has 1 aliphatic heterocycles. The van der Waals surface area contributed by atoms with Gasteiger partial charge in [-0.3, -0.25) is 4.79 Å². The van der Waals surface area contributed by atoms with Crippen molar-refractivity contribution in [1.29, 1.82) is 0 Å². The summed E-state index contributed by atoms with van der Waals surface area (Å²) in [5, 5.41) is 3.46. The van der Waals surface area contributed by atoms with Gasteiger partial charge in [0.1, 0.15) is 0 Å². The number of carbonyl (C=O) groups is 1. The highest BCUT2D eigenvalue weighted by Gasteiger charge is 2.24. The molecule has 0 aromatic heterocycles. The first-order valence-corrected chi connectivity index (χ1v) is 7.23. The molecule has 0 bridgehead atoms. The maximum absolute atomic E-state index is 12.5. The zero-order valence-electron chi connectivity index (χ0n) is 12.1. The molecule has 0 fully saturated rings. The molecule has 0 saturated carbocycles. The van der Waals surface area contributed by atoms with Gasteiger partial charge < -0.3 is 10.2 Å². The molecule has 1 aromatic carbocycles. The van der Waals surface area contributed by atoms with Gasteiger partial charge in [-0.1, -0.05) is 38.5 Å². The maximum atomic E-state index is 12.5. The molecule has 1 amide bonds. The first-order valence-electron chi connectivity index (χ1n) is 7.23. The lowest BCUT2D eigenvalue weighted by Gasteiger charge is -2.25. The molecule has 0 radical (unpaired) electrons. The fraction of sp³-hybridized carbons (Fsp3) is 0.562. The SMILES string of the molecule is CCC(C)CC(=O)N1CC(C)NCc2ccccc21. The topological polar surface area (TPSA) is 32.3 Å². The largest absolute Gasteiger partial charge is 0.311 e. The molecule has 2 atom stereocenters. The summed E-state index contributed by atoms with van der Waals surface area (Å²) in [7, 11) is 0. The normalized spacial score (nSPS) is 20.6. The van der Waals surface area contributed by atoms with E-state index >= 15 is 0 Å². The number of carbonyl (C=O) groups excluding carboxylic acids is 1. The second kappa shape index (κ2) is 6.20. The second-order valence-corrected chi connectivity index (χ2v) is 5.63. The minimum atomic E-state index is 0.248. The molecule has 0 spiro atoms. The molecule has 104 valence electrons. The van der Waals surface area contributed by atoms with Crippen molar-refractivity contribution in [2.24, 2.45) is 5.92 Å². The zero-order valence-corrected chi connectivity index (χ0v) is 12.1. The predicted octanol–water partition coefficient (Wildman–Crippen LogP) is 2.95. The Morgan fingerprint density at radius 2 is 2.21 bits per heavy atom. The summed E-state index contributed by atoms with van der Waals surface area (Å²) >= 11 is 0. The van der Waals surface area contributed by atoms with Crippen molar-refractivity contribution in [3.63, 3.8) is 0 Å². The van der Waals surface area contributed by atoms with E-state index in [9.17, 15) is 4.79 Å². The van der Waals surface area contributed by atoms with E-state index in [4.69, 9.17) is 0 Å². The number of nitrogens with zero attached hydrogens (tertiary/aromatic N) is 1. The number of rotatable bonds is 3. The van der Waals surface area contributed by atoms with Crippen molar-refractivity contribution in [2.75, 3.05) is 11.4 Å². The van der Waals surface area contributed by atoms with Crippen LogP contribution in [0.3, 0.4) is 0 Å². The summed E-state index contributed by atoms with van der Waals surface area (Å²) in [6.07, 6.45) is 1.69. The molecule has 2 unspecified atom stereocenters. The number of benzene rings is 1. The van der Waals surface area contributed by atoms with Gasteiger partial charge in [0.05, 0.1) is 0 Å². The Hall–Kier alpha value is -1.35. The van der Waals surface area contributed by atoms with E-state index in [0.29, 0.717) is 18.4 Å².